The summed E-state index contributed by atoms with van der Waals surface area (Å²) in [6, 6.07) is 15.5. The minimum absolute atomic E-state index is 0.0604. The third-order valence-electron chi connectivity index (χ3n) is 4.55. The van der Waals surface area contributed by atoms with Crippen molar-refractivity contribution >= 4 is 5.91 Å². The van der Waals surface area contributed by atoms with Crippen LogP contribution in [0, 0.1) is 0 Å². The number of nitrogens with zero attached hydrogens (tertiary/aromatic N) is 1. The Morgan fingerprint density at radius 2 is 1.81 bits per heavy atom. The fourth-order valence-electron chi connectivity index (χ4n) is 3.02. The summed E-state index contributed by atoms with van der Waals surface area (Å²) in [5.41, 5.74) is 9.18. The van der Waals surface area contributed by atoms with Crippen molar-refractivity contribution < 1.29 is 14.3 Å². The molecule has 2 aromatic carbocycles. The Bertz CT molecular complexity index is 715. The fraction of sp³-hybridized carbons (Fsp3) is 0.381. The van der Waals surface area contributed by atoms with Crippen molar-refractivity contribution in [2.75, 3.05) is 27.4 Å². The minimum atomic E-state index is -0.640. The Labute approximate surface area is 155 Å². The van der Waals surface area contributed by atoms with Crippen LogP contribution >= 0.6 is 0 Å². The van der Waals surface area contributed by atoms with Crippen LogP contribution in [0.15, 0.2) is 48.5 Å². The molecule has 2 N–H and O–H groups in total. The van der Waals surface area contributed by atoms with E-state index >= 15 is 0 Å². The van der Waals surface area contributed by atoms with E-state index in [9.17, 15) is 4.79 Å². The highest BCUT2D eigenvalue weighted by atomic mass is 16.5. The predicted octanol–water partition coefficient (Wildman–Crippen LogP) is 3.25. The van der Waals surface area contributed by atoms with Gasteiger partial charge in [0, 0.05) is 13.7 Å². The topological polar surface area (TPSA) is 64.8 Å². The van der Waals surface area contributed by atoms with Crippen molar-refractivity contribution in [1.82, 2.24) is 4.90 Å². The van der Waals surface area contributed by atoms with Crippen LogP contribution in [0.25, 0.3) is 11.1 Å². The van der Waals surface area contributed by atoms with Crippen LogP contribution in [-0.4, -0.2) is 44.2 Å². The normalized spacial score (nSPS) is 13.1. The van der Waals surface area contributed by atoms with E-state index in [1.807, 2.05) is 38.1 Å². The molecule has 26 heavy (non-hydrogen) atoms. The molecule has 0 aliphatic rings. The van der Waals surface area contributed by atoms with Gasteiger partial charge in [-0.25, -0.2) is 0 Å². The molecule has 5 nitrogen and oxygen atoms in total. The Morgan fingerprint density at radius 3 is 2.38 bits per heavy atom. The van der Waals surface area contributed by atoms with E-state index in [0.29, 0.717) is 6.54 Å². The minimum Gasteiger partial charge on any atom is -0.497 e. The third kappa shape index (κ3) is 4.62. The van der Waals surface area contributed by atoms with Gasteiger partial charge in [-0.05, 0) is 42.7 Å². The number of likely N-dealkylation sites (N-methyl/N-ethyl adjacent to an activating group) is 1. The first-order valence-electron chi connectivity index (χ1n) is 8.81. The number of carbonyl (C=O) groups is 1. The second-order valence-electron chi connectivity index (χ2n) is 6.22. The molecule has 2 atom stereocenters. The number of amides is 1. The summed E-state index contributed by atoms with van der Waals surface area (Å²) in [7, 11) is 3.21. The SMILES string of the molecule is CCN(C(=O)C(N)COC)C(C)c1ccc(-c2cccc(OC)c2)cc1. The molecule has 0 aliphatic carbocycles. The average molecular weight is 356 g/mol. The van der Waals surface area contributed by atoms with Crippen molar-refractivity contribution in [3.8, 4) is 16.9 Å². The lowest BCUT2D eigenvalue weighted by Crippen LogP contribution is -2.46. The smallest absolute Gasteiger partial charge is 0.242 e. The molecule has 0 bridgehead atoms. The first kappa shape index (κ1) is 19.9. The molecule has 0 saturated heterocycles. The maximum atomic E-state index is 12.5. The highest BCUT2D eigenvalue weighted by Gasteiger charge is 2.24. The summed E-state index contributed by atoms with van der Waals surface area (Å²) < 4.78 is 10.3. The zero-order valence-electron chi connectivity index (χ0n) is 15.9. The highest BCUT2D eigenvalue weighted by Crippen LogP contribution is 2.27. The number of carbonyl (C=O) groups excluding carboxylic acids is 1. The highest BCUT2D eigenvalue weighted by molar-refractivity contribution is 5.82. The van der Waals surface area contributed by atoms with Crippen LogP contribution in [0.1, 0.15) is 25.5 Å². The number of ether oxygens (including phenoxy) is 2. The lowest BCUT2D eigenvalue weighted by molar-refractivity contribution is -0.135. The van der Waals surface area contributed by atoms with Crippen molar-refractivity contribution in [1.29, 1.82) is 0 Å². The summed E-state index contributed by atoms with van der Waals surface area (Å²) in [5.74, 6) is 0.730. The first-order valence-corrected chi connectivity index (χ1v) is 8.81. The first-order chi connectivity index (χ1) is 12.5. The number of hydrogen-bond donors (Lipinski definition) is 1. The van der Waals surface area contributed by atoms with E-state index in [1.165, 1.54) is 0 Å². The molecule has 5 heteroatoms. The van der Waals surface area contributed by atoms with Gasteiger partial charge in [0.1, 0.15) is 11.8 Å². The molecule has 0 fully saturated rings. The summed E-state index contributed by atoms with van der Waals surface area (Å²) in [6.45, 7) is 4.78. The molecular formula is C21H28N2O3. The Kier molecular flexibility index (Phi) is 7.18. The van der Waals surface area contributed by atoms with Gasteiger partial charge in [-0.2, -0.15) is 0 Å². The molecule has 1 amide bonds. The zero-order valence-corrected chi connectivity index (χ0v) is 15.9. The lowest BCUT2D eigenvalue weighted by atomic mass is 10.00. The van der Waals surface area contributed by atoms with E-state index < -0.39 is 6.04 Å². The van der Waals surface area contributed by atoms with Gasteiger partial charge in [0.15, 0.2) is 0 Å². The van der Waals surface area contributed by atoms with Gasteiger partial charge >= 0.3 is 0 Å². The van der Waals surface area contributed by atoms with E-state index in [0.717, 1.165) is 22.4 Å². The van der Waals surface area contributed by atoms with Gasteiger partial charge in [-0.15, -0.1) is 0 Å². The zero-order chi connectivity index (χ0) is 19.1. The van der Waals surface area contributed by atoms with E-state index in [2.05, 4.69) is 24.3 Å². The Morgan fingerprint density at radius 1 is 1.12 bits per heavy atom. The monoisotopic (exact) mass is 356 g/mol. The number of rotatable bonds is 8. The van der Waals surface area contributed by atoms with Crippen molar-refractivity contribution in [2.45, 2.75) is 25.9 Å². The molecule has 0 radical (unpaired) electrons. The molecule has 0 aromatic heterocycles. The average Bonchev–Trinajstić information content (AvgIpc) is 2.68. The van der Waals surface area contributed by atoms with E-state index in [-0.39, 0.29) is 18.6 Å². The Balaban J connectivity index is 2.18. The second kappa shape index (κ2) is 9.36. The van der Waals surface area contributed by atoms with Crippen LogP contribution in [-0.2, 0) is 9.53 Å². The standard InChI is InChI=1S/C21H28N2O3/c1-5-23(21(24)20(22)14-25-3)15(2)16-9-11-17(12-10-16)18-7-6-8-19(13-18)26-4/h6-13,15,20H,5,14,22H2,1-4H3. The molecule has 2 unspecified atom stereocenters. The third-order valence-corrected chi connectivity index (χ3v) is 4.55. The largest absolute Gasteiger partial charge is 0.497 e. The van der Waals surface area contributed by atoms with Crippen LogP contribution in [0.3, 0.4) is 0 Å². The van der Waals surface area contributed by atoms with Crippen molar-refractivity contribution in [2.24, 2.45) is 5.73 Å². The van der Waals surface area contributed by atoms with Gasteiger partial charge in [-0.1, -0.05) is 36.4 Å². The van der Waals surface area contributed by atoms with Crippen LogP contribution in [0.4, 0.5) is 0 Å². The molecule has 140 valence electrons. The van der Waals surface area contributed by atoms with E-state index in [1.54, 1.807) is 19.1 Å². The molecule has 2 rings (SSSR count). The number of benzene rings is 2. The van der Waals surface area contributed by atoms with Crippen molar-refractivity contribution in [3.63, 3.8) is 0 Å². The van der Waals surface area contributed by atoms with Gasteiger partial charge in [-0.3, -0.25) is 4.79 Å². The molecule has 0 aliphatic heterocycles. The van der Waals surface area contributed by atoms with Gasteiger partial charge in [0.25, 0.3) is 0 Å². The Hall–Kier alpha value is -2.37. The predicted molar refractivity (Wildman–Crippen MR) is 104 cm³/mol. The second-order valence-corrected chi connectivity index (χ2v) is 6.22. The molecule has 2 aromatic rings. The summed E-state index contributed by atoms with van der Waals surface area (Å²) >= 11 is 0. The number of hydrogen-bond acceptors (Lipinski definition) is 4. The molecule has 0 heterocycles. The van der Waals surface area contributed by atoms with Gasteiger partial charge in [0.2, 0.25) is 5.91 Å². The summed E-state index contributed by atoms with van der Waals surface area (Å²) in [5, 5.41) is 0. The summed E-state index contributed by atoms with van der Waals surface area (Å²) in [6.07, 6.45) is 0. The van der Waals surface area contributed by atoms with Crippen LogP contribution in [0.2, 0.25) is 0 Å². The molecular weight excluding hydrogens is 328 g/mol. The maximum Gasteiger partial charge on any atom is 0.242 e. The maximum absolute atomic E-state index is 12.5. The number of methoxy groups -OCH3 is 2. The summed E-state index contributed by atoms with van der Waals surface area (Å²) in [4.78, 5) is 14.3. The van der Waals surface area contributed by atoms with Crippen LogP contribution in [0.5, 0.6) is 5.75 Å². The number of nitrogens with two attached hydrogens (primary N) is 1. The fourth-order valence-corrected chi connectivity index (χ4v) is 3.02. The van der Waals surface area contributed by atoms with Crippen LogP contribution < -0.4 is 10.5 Å². The molecule has 0 saturated carbocycles. The van der Waals surface area contributed by atoms with Gasteiger partial charge < -0.3 is 20.1 Å². The van der Waals surface area contributed by atoms with Crippen molar-refractivity contribution in [3.05, 3.63) is 54.1 Å². The van der Waals surface area contributed by atoms with Gasteiger partial charge in [0.05, 0.1) is 19.8 Å². The molecule has 0 spiro atoms. The van der Waals surface area contributed by atoms with E-state index in [4.69, 9.17) is 15.2 Å². The lowest BCUT2D eigenvalue weighted by Gasteiger charge is -2.30. The quantitative estimate of drug-likeness (QED) is 0.789.